The van der Waals surface area contributed by atoms with Gasteiger partial charge in [-0.2, -0.15) is 0 Å². The molecular formula is C15H19NO3. The fourth-order valence-corrected chi connectivity index (χ4v) is 2.52. The van der Waals surface area contributed by atoms with Gasteiger partial charge in [-0.25, -0.2) is 4.79 Å². The molecule has 1 aliphatic rings. The Bertz CT molecular complexity index is 458. The van der Waals surface area contributed by atoms with Crippen LogP contribution < -0.4 is 0 Å². The molecule has 1 heterocycles. The fraction of sp³-hybridized carbons (Fsp3) is 0.467. The Morgan fingerprint density at radius 1 is 1.37 bits per heavy atom. The SMILES string of the molecule is CCOC(=O)C1C(C)CC(=O)N1Cc1ccccc1. The highest BCUT2D eigenvalue weighted by Crippen LogP contribution is 2.27. The van der Waals surface area contributed by atoms with Crippen molar-refractivity contribution >= 4 is 11.9 Å². The maximum Gasteiger partial charge on any atom is 0.329 e. The molecule has 19 heavy (non-hydrogen) atoms. The normalized spacial score (nSPS) is 22.6. The van der Waals surface area contributed by atoms with Crippen LogP contribution in [0.3, 0.4) is 0 Å². The molecule has 0 N–H and O–H groups in total. The third-order valence-corrected chi connectivity index (χ3v) is 3.42. The molecule has 1 aliphatic heterocycles. The van der Waals surface area contributed by atoms with Crippen LogP contribution in [0.5, 0.6) is 0 Å². The molecule has 4 heteroatoms. The van der Waals surface area contributed by atoms with Crippen molar-refractivity contribution in [3.8, 4) is 0 Å². The minimum atomic E-state index is -0.451. The maximum atomic E-state index is 12.0. The number of nitrogens with zero attached hydrogens (tertiary/aromatic N) is 1. The predicted octanol–water partition coefficient (Wildman–Crippen LogP) is 1.99. The Morgan fingerprint density at radius 3 is 2.68 bits per heavy atom. The molecule has 0 saturated carbocycles. The summed E-state index contributed by atoms with van der Waals surface area (Å²) in [6.45, 7) is 4.51. The van der Waals surface area contributed by atoms with Crippen LogP contribution in [0.2, 0.25) is 0 Å². The lowest BCUT2D eigenvalue weighted by molar-refractivity contribution is -0.152. The Morgan fingerprint density at radius 2 is 2.05 bits per heavy atom. The van der Waals surface area contributed by atoms with Gasteiger partial charge in [-0.05, 0) is 18.4 Å². The second kappa shape index (κ2) is 5.87. The van der Waals surface area contributed by atoms with Crippen LogP contribution in [-0.4, -0.2) is 29.4 Å². The van der Waals surface area contributed by atoms with E-state index in [0.717, 1.165) is 5.56 Å². The summed E-state index contributed by atoms with van der Waals surface area (Å²) in [4.78, 5) is 25.6. The van der Waals surface area contributed by atoms with Gasteiger partial charge in [0.1, 0.15) is 6.04 Å². The highest BCUT2D eigenvalue weighted by atomic mass is 16.5. The van der Waals surface area contributed by atoms with E-state index in [1.54, 1.807) is 11.8 Å². The number of amides is 1. The van der Waals surface area contributed by atoms with E-state index in [2.05, 4.69) is 0 Å². The van der Waals surface area contributed by atoms with Crippen molar-refractivity contribution in [1.29, 1.82) is 0 Å². The van der Waals surface area contributed by atoms with Gasteiger partial charge >= 0.3 is 5.97 Å². The van der Waals surface area contributed by atoms with E-state index in [4.69, 9.17) is 4.74 Å². The number of hydrogen-bond donors (Lipinski definition) is 0. The Labute approximate surface area is 113 Å². The first-order valence-electron chi connectivity index (χ1n) is 6.63. The number of benzene rings is 1. The standard InChI is InChI=1S/C15H19NO3/c1-3-19-15(18)14-11(2)9-13(17)16(14)10-12-7-5-4-6-8-12/h4-8,11,14H,3,9-10H2,1-2H3. The van der Waals surface area contributed by atoms with E-state index >= 15 is 0 Å². The lowest BCUT2D eigenvalue weighted by Gasteiger charge is -2.25. The smallest absolute Gasteiger partial charge is 0.329 e. The maximum absolute atomic E-state index is 12.0. The molecule has 1 fully saturated rings. The van der Waals surface area contributed by atoms with E-state index in [-0.39, 0.29) is 17.8 Å². The van der Waals surface area contributed by atoms with E-state index in [9.17, 15) is 9.59 Å². The van der Waals surface area contributed by atoms with Gasteiger partial charge in [0.2, 0.25) is 5.91 Å². The summed E-state index contributed by atoms with van der Waals surface area (Å²) in [5.41, 5.74) is 1.03. The van der Waals surface area contributed by atoms with Crippen molar-refractivity contribution in [2.75, 3.05) is 6.61 Å². The predicted molar refractivity (Wildman–Crippen MR) is 71.2 cm³/mol. The number of likely N-dealkylation sites (tertiary alicyclic amines) is 1. The molecule has 1 aromatic rings. The minimum absolute atomic E-state index is 0.00950. The van der Waals surface area contributed by atoms with Gasteiger partial charge in [0.25, 0.3) is 0 Å². The quantitative estimate of drug-likeness (QED) is 0.779. The summed E-state index contributed by atoms with van der Waals surface area (Å²) in [7, 11) is 0. The van der Waals surface area contributed by atoms with Crippen LogP contribution in [0, 0.1) is 5.92 Å². The summed E-state index contributed by atoms with van der Waals surface area (Å²) < 4.78 is 5.08. The average Bonchev–Trinajstić information content (AvgIpc) is 2.66. The molecule has 1 amide bonds. The molecule has 2 rings (SSSR count). The molecule has 102 valence electrons. The molecule has 2 unspecified atom stereocenters. The largest absolute Gasteiger partial charge is 0.464 e. The van der Waals surface area contributed by atoms with Crippen LogP contribution in [0.25, 0.3) is 0 Å². The summed E-state index contributed by atoms with van der Waals surface area (Å²) in [6, 6.07) is 9.25. The van der Waals surface area contributed by atoms with Gasteiger partial charge in [-0.3, -0.25) is 4.79 Å². The first-order valence-corrected chi connectivity index (χ1v) is 6.63. The van der Waals surface area contributed by atoms with E-state index in [0.29, 0.717) is 19.6 Å². The molecule has 1 aromatic carbocycles. The Kier molecular flexibility index (Phi) is 4.20. The Hall–Kier alpha value is -1.84. The van der Waals surface area contributed by atoms with Gasteiger partial charge in [-0.1, -0.05) is 37.3 Å². The van der Waals surface area contributed by atoms with Gasteiger partial charge in [0.15, 0.2) is 0 Å². The van der Waals surface area contributed by atoms with Crippen molar-refractivity contribution in [2.45, 2.75) is 32.9 Å². The summed E-state index contributed by atoms with van der Waals surface area (Å²) >= 11 is 0. The summed E-state index contributed by atoms with van der Waals surface area (Å²) in [6.07, 6.45) is 0.413. The van der Waals surface area contributed by atoms with Gasteiger partial charge in [-0.15, -0.1) is 0 Å². The summed E-state index contributed by atoms with van der Waals surface area (Å²) in [5.74, 6) is -0.263. The van der Waals surface area contributed by atoms with Crippen LogP contribution in [-0.2, 0) is 20.9 Å². The topological polar surface area (TPSA) is 46.6 Å². The second-order valence-electron chi connectivity index (χ2n) is 4.89. The molecule has 2 atom stereocenters. The van der Waals surface area contributed by atoms with Crippen molar-refractivity contribution < 1.29 is 14.3 Å². The van der Waals surface area contributed by atoms with Crippen molar-refractivity contribution in [3.05, 3.63) is 35.9 Å². The minimum Gasteiger partial charge on any atom is -0.464 e. The lowest BCUT2D eigenvalue weighted by Crippen LogP contribution is -2.41. The fourth-order valence-electron chi connectivity index (χ4n) is 2.52. The zero-order chi connectivity index (χ0) is 13.8. The Balaban J connectivity index is 2.16. The third kappa shape index (κ3) is 2.95. The van der Waals surface area contributed by atoms with E-state index in [1.807, 2.05) is 37.3 Å². The number of carbonyl (C=O) groups excluding carboxylic acids is 2. The third-order valence-electron chi connectivity index (χ3n) is 3.42. The molecule has 0 radical (unpaired) electrons. The van der Waals surface area contributed by atoms with E-state index < -0.39 is 6.04 Å². The zero-order valence-electron chi connectivity index (χ0n) is 11.3. The van der Waals surface area contributed by atoms with E-state index in [1.165, 1.54) is 0 Å². The zero-order valence-corrected chi connectivity index (χ0v) is 11.3. The molecule has 0 bridgehead atoms. The number of carbonyl (C=O) groups is 2. The average molecular weight is 261 g/mol. The van der Waals surface area contributed by atoms with Crippen molar-refractivity contribution in [3.63, 3.8) is 0 Å². The van der Waals surface area contributed by atoms with Crippen molar-refractivity contribution in [1.82, 2.24) is 4.90 Å². The van der Waals surface area contributed by atoms with Crippen LogP contribution in [0.1, 0.15) is 25.8 Å². The van der Waals surface area contributed by atoms with Gasteiger partial charge in [0.05, 0.1) is 6.61 Å². The summed E-state index contributed by atoms with van der Waals surface area (Å²) in [5, 5.41) is 0. The molecule has 0 spiro atoms. The second-order valence-corrected chi connectivity index (χ2v) is 4.89. The first kappa shape index (κ1) is 13.6. The monoisotopic (exact) mass is 261 g/mol. The molecular weight excluding hydrogens is 242 g/mol. The molecule has 4 nitrogen and oxygen atoms in total. The molecule has 0 aromatic heterocycles. The molecule has 0 aliphatic carbocycles. The lowest BCUT2D eigenvalue weighted by atomic mass is 10.0. The van der Waals surface area contributed by atoms with Crippen LogP contribution >= 0.6 is 0 Å². The van der Waals surface area contributed by atoms with Crippen molar-refractivity contribution in [2.24, 2.45) is 5.92 Å². The highest BCUT2D eigenvalue weighted by molar-refractivity contribution is 5.88. The number of hydrogen-bond acceptors (Lipinski definition) is 3. The number of rotatable bonds is 4. The van der Waals surface area contributed by atoms with Gasteiger partial charge in [0, 0.05) is 13.0 Å². The highest BCUT2D eigenvalue weighted by Gasteiger charge is 2.42. The number of ether oxygens (including phenoxy) is 1. The first-order chi connectivity index (χ1) is 9.13. The van der Waals surface area contributed by atoms with Crippen LogP contribution in [0.15, 0.2) is 30.3 Å². The van der Waals surface area contributed by atoms with Gasteiger partial charge < -0.3 is 9.64 Å². The van der Waals surface area contributed by atoms with Crippen LogP contribution in [0.4, 0.5) is 0 Å². The number of esters is 1. The molecule has 1 saturated heterocycles.